The first-order valence-corrected chi connectivity index (χ1v) is 5.80. The van der Waals surface area contributed by atoms with Crippen LogP contribution in [-0.2, 0) is 0 Å². The molecule has 2 rings (SSSR count). The number of hydrogen-bond donors (Lipinski definition) is 1. The fraction of sp³-hybridized carbons (Fsp3) is 0. The highest BCUT2D eigenvalue weighted by Crippen LogP contribution is 2.25. The van der Waals surface area contributed by atoms with Gasteiger partial charge in [-0.15, -0.1) is 0 Å². The second-order valence-electron chi connectivity index (χ2n) is 3.53. The Hall–Kier alpha value is -1.58. The number of aliphatic imine (C=N–C) groups is 1. The summed E-state index contributed by atoms with van der Waals surface area (Å²) in [5, 5.41) is 10.0. The SMILES string of the molecule is Oc1ccc(Cl)cc1C=Nc1cccc(Cl)c1F. The van der Waals surface area contributed by atoms with Crippen LogP contribution in [0.3, 0.4) is 0 Å². The molecule has 2 aromatic rings. The van der Waals surface area contributed by atoms with Crippen LogP contribution in [0.4, 0.5) is 10.1 Å². The number of benzene rings is 2. The molecule has 0 aliphatic rings. The lowest BCUT2D eigenvalue weighted by Gasteiger charge is -2.00. The maximum atomic E-state index is 13.5. The Morgan fingerprint density at radius 1 is 1.17 bits per heavy atom. The van der Waals surface area contributed by atoms with Crippen LogP contribution in [-0.4, -0.2) is 11.3 Å². The monoisotopic (exact) mass is 283 g/mol. The highest BCUT2D eigenvalue weighted by Gasteiger charge is 2.04. The third-order valence-corrected chi connectivity index (χ3v) is 2.79. The van der Waals surface area contributed by atoms with Crippen molar-refractivity contribution in [2.24, 2.45) is 4.99 Å². The van der Waals surface area contributed by atoms with E-state index in [0.717, 1.165) is 0 Å². The van der Waals surface area contributed by atoms with Crippen molar-refractivity contribution in [3.05, 3.63) is 57.8 Å². The summed E-state index contributed by atoms with van der Waals surface area (Å²) in [6.07, 6.45) is 1.33. The van der Waals surface area contributed by atoms with Gasteiger partial charge in [-0.05, 0) is 30.3 Å². The predicted octanol–water partition coefficient (Wildman–Crippen LogP) is 4.59. The molecule has 0 aliphatic heterocycles. The van der Waals surface area contributed by atoms with E-state index in [1.165, 1.54) is 30.5 Å². The normalized spacial score (nSPS) is 11.1. The largest absolute Gasteiger partial charge is 0.507 e. The molecule has 0 spiro atoms. The lowest BCUT2D eigenvalue weighted by atomic mass is 10.2. The van der Waals surface area contributed by atoms with Crippen molar-refractivity contribution in [2.75, 3.05) is 0 Å². The van der Waals surface area contributed by atoms with Crippen LogP contribution in [0.25, 0.3) is 0 Å². The van der Waals surface area contributed by atoms with Crippen molar-refractivity contribution in [1.82, 2.24) is 0 Å². The van der Waals surface area contributed by atoms with Crippen molar-refractivity contribution in [3.8, 4) is 5.75 Å². The summed E-state index contributed by atoms with van der Waals surface area (Å²) in [6, 6.07) is 9.04. The van der Waals surface area contributed by atoms with E-state index in [1.54, 1.807) is 12.1 Å². The Morgan fingerprint density at radius 3 is 2.72 bits per heavy atom. The Morgan fingerprint density at radius 2 is 1.94 bits per heavy atom. The Labute approximate surface area is 113 Å². The molecular weight excluding hydrogens is 276 g/mol. The van der Waals surface area contributed by atoms with Crippen molar-refractivity contribution < 1.29 is 9.50 Å². The van der Waals surface area contributed by atoms with Gasteiger partial charge in [-0.25, -0.2) is 4.39 Å². The lowest BCUT2D eigenvalue weighted by molar-refractivity contribution is 0.474. The molecule has 0 atom stereocenters. The van der Waals surface area contributed by atoms with E-state index < -0.39 is 5.82 Å². The van der Waals surface area contributed by atoms with Crippen molar-refractivity contribution in [3.63, 3.8) is 0 Å². The molecule has 5 heteroatoms. The topological polar surface area (TPSA) is 32.6 Å². The van der Waals surface area contributed by atoms with Crippen molar-refractivity contribution in [2.45, 2.75) is 0 Å². The molecule has 2 nitrogen and oxygen atoms in total. The van der Waals surface area contributed by atoms with Gasteiger partial charge in [0.25, 0.3) is 0 Å². The molecule has 0 unspecified atom stereocenters. The summed E-state index contributed by atoms with van der Waals surface area (Å²) < 4.78 is 13.5. The van der Waals surface area contributed by atoms with Gasteiger partial charge in [-0.1, -0.05) is 29.3 Å². The summed E-state index contributed by atoms with van der Waals surface area (Å²) in [6.45, 7) is 0. The summed E-state index contributed by atoms with van der Waals surface area (Å²) >= 11 is 11.4. The zero-order valence-corrected chi connectivity index (χ0v) is 10.6. The van der Waals surface area contributed by atoms with E-state index in [-0.39, 0.29) is 16.5 Å². The molecular formula is C13H8Cl2FNO. The second-order valence-corrected chi connectivity index (χ2v) is 4.38. The molecule has 0 amide bonds. The minimum atomic E-state index is -0.600. The van der Waals surface area contributed by atoms with Gasteiger partial charge >= 0.3 is 0 Å². The van der Waals surface area contributed by atoms with Crippen LogP contribution in [0.1, 0.15) is 5.56 Å². The maximum absolute atomic E-state index is 13.5. The highest BCUT2D eigenvalue weighted by molar-refractivity contribution is 6.31. The quantitative estimate of drug-likeness (QED) is 0.804. The van der Waals surface area contributed by atoms with E-state index in [1.807, 2.05) is 0 Å². The van der Waals surface area contributed by atoms with E-state index in [0.29, 0.717) is 10.6 Å². The van der Waals surface area contributed by atoms with Gasteiger partial charge in [0, 0.05) is 16.8 Å². The molecule has 18 heavy (non-hydrogen) atoms. The van der Waals surface area contributed by atoms with Crippen LogP contribution >= 0.6 is 23.2 Å². The molecule has 0 aliphatic carbocycles. The number of nitrogens with zero attached hydrogens (tertiary/aromatic N) is 1. The molecule has 0 heterocycles. The zero-order chi connectivity index (χ0) is 13.1. The summed E-state index contributed by atoms with van der Waals surface area (Å²) in [7, 11) is 0. The van der Waals surface area contributed by atoms with Crippen LogP contribution < -0.4 is 0 Å². The van der Waals surface area contributed by atoms with Gasteiger partial charge < -0.3 is 5.11 Å². The fourth-order valence-corrected chi connectivity index (χ4v) is 1.71. The Bertz CT molecular complexity index is 610. The molecule has 92 valence electrons. The Kier molecular flexibility index (Phi) is 3.84. The number of halogens is 3. The van der Waals surface area contributed by atoms with E-state index in [4.69, 9.17) is 23.2 Å². The number of rotatable bonds is 2. The number of phenolic OH excluding ortho intramolecular Hbond substituents is 1. The van der Waals surface area contributed by atoms with Crippen LogP contribution in [0.5, 0.6) is 5.75 Å². The second kappa shape index (κ2) is 5.38. The van der Waals surface area contributed by atoms with Gasteiger partial charge in [-0.2, -0.15) is 0 Å². The minimum Gasteiger partial charge on any atom is -0.507 e. The average Bonchev–Trinajstić information content (AvgIpc) is 2.35. The third kappa shape index (κ3) is 2.81. The number of phenols is 1. The summed E-state index contributed by atoms with van der Waals surface area (Å²) in [4.78, 5) is 3.94. The molecule has 1 N–H and O–H groups in total. The van der Waals surface area contributed by atoms with Crippen LogP contribution in [0.15, 0.2) is 41.4 Å². The molecule has 0 saturated heterocycles. The van der Waals surface area contributed by atoms with Gasteiger partial charge in [0.1, 0.15) is 11.4 Å². The van der Waals surface area contributed by atoms with Crippen molar-refractivity contribution in [1.29, 1.82) is 0 Å². The minimum absolute atomic E-state index is 0.0000315. The van der Waals surface area contributed by atoms with E-state index in [9.17, 15) is 9.50 Å². The van der Waals surface area contributed by atoms with E-state index >= 15 is 0 Å². The third-order valence-electron chi connectivity index (χ3n) is 2.26. The molecule has 0 aromatic heterocycles. The molecule has 0 radical (unpaired) electrons. The number of hydrogen-bond acceptors (Lipinski definition) is 2. The van der Waals surface area contributed by atoms with E-state index in [2.05, 4.69) is 4.99 Å². The van der Waals surface area contributed by atoms with Gasteiger partial charge in [0.15, 0.2) is 5.82 Å². The van der Waals surface area contributed by atoms with Crippen molar-refractivity contribution >= 4 is 35.1 Å². The standard InChI is InChI=1S/C13H8Cl2FNO/c14-9-4-5-12(18)8(6-9)7-17-11-3-1-2-10(15)13(11)16/h1-7,18H. The average molecular weight is 284 g/mol. The molecule has 0 bridgehead atoms. The smallest absolute Gasteiger partial charge is 0.167 e. The summed E-state index contributed by atoms with van der Waals surface area (Å²) in [5.41, 5.74) is 0.503. The predicted molar refractivity (Wildman–Crippen MR) is 71.8 cm³/mol. The van der Waals surface area contributed by atoms with Crippen LogP contribution in [0, 0.1) is 5.82 Å². The number of aromatic hydroxyl groups is 1. The molecule has 0 fully saturated rings. The first kappa shape index (κ1) is 12.9. The van der Waals surface area contributed by atoms with Crippen LogP contribution in [0.2, 0.25) is 10.0 Å². The van der Waals surface area contributed by atoms with Gasteiger partial charge in [0.2, 0.25) is 0 Å². The summed E-state index contributed by atoms with van der Waals surface area (Å²) in [5.74, 6) is -0.581. The van der Waals surface area contributed by atoms with Gasteiger partial charge in [0.05, 0.1) is 5.02 Å². The van der Waals surface area contributed by atoms with Gasteiger partial charge in [-0.3, -0.25) is 4.99 Å². The highest BCUT2D eigenvalue weighted by atomic mass is 35.5. The first-order valence-electron chi connectivity index (χ1n) is 5.04. The Balaban J connectivity index is 2.36. The zero-order valence-electron chi connectivity index (χ0n) is 9.07. The molecule has 0 saturated carbocycles. The first-order chi connectivity index (χ1) is 8.58. The fourth-order valence-electron chi connectivity index (χ4n) is 1.36. The lowest BCUT2D eigenvalue weighted by Crippen LogP contribution is -1.84. The molecule has 2 aromatic carbocycles. The maximum Gasteiger partial charge on any atom is 0.167 e.